The predicted octanol–water partition coefficient (Wildman–Crippen LogP) is 3.71. The summed E-state index contributed by atoms with van der Waals surface area (Å²) in [6.45, 7) is 0. The zero-order valence-electron chi connectivity index (χ0n) is 12.8. The summed E-state index contributed by atoms with van der Waals surface area (Å²) in [5.74, 6) is 0. The largest absolute Gasteiger partial charge is 0.162 e. The summed E-state index contributed by atoms with van der Waals surface area (Å²) in [5.41, 5.74) is 8.78. The third kappa shape index (κ3) is 2.48. The van der Waals surface area contributed by atoms with Crippen LogP contribution < -0.4 is 5.46 Å². The molecule has 1 heteroatoms. The molecule has 0 amide bonds. The molecule has 106 valence electrons. The van der Waals surface area contributed by atoms with Gasteiger partial charge in [-0.25, -0.2) is 0 Å². The Kier molecular flexibility index (Phi) is 3.56. The third-order valence-corrected chi connectivity index (χ3v) is 4.77. The van der Waals surface area contributed by atoms with Gasteiger partial charge in [-0.15, -0.1) is 0 Å². The molecular formula is C21H19B. The highest BCUT2D eigenvalue weighted by atomic mass is 14.1. The van der Waals surface area contributed by atoms with Crippen LogP contribution in [-0.2, 0) is 19.2 Å². The average Bonchev–Trinajstić information content (AvgIpc) is 2.59. The Labute approximate surface area is 133 Å². The highest BCUT2D eigenvalue weighted by molar-refractivity contribution is 6.53. The molecule has 1 aliphatic rings. The van der Waals surface area contributed by atoms with Crippen molar-refractivity contribution < 1.29 is 0 Å². The van der Waals surface area contributed by atoms with Crippen molar-refractivity contribution in [3.63, 3.8) is 0 Å². The van der Waals surface area contributed by atoms with Crippen LogP contribution in [0.4, 0.5) is 0 Å². The van der Waals surface area contributed by atoms with E-state index >= 15 is 0 Å². The minimum absolute atomic E-state index is 1.11. The van der Waals surface area contributed by atoms with Crippen LogP contribution in [0.15, 0.2) is 72.8 Å². The minimum atomic E-state index is 1.11. The fourth-order valence-corrected chi connectivity index (χ4v) is 3.59. The van der Waals surface area contributed by atoms with Crippen molar-refractivity contribution in [1.82, 2.24) is 0 Å². The second-order valence-corrected chi connectivity index (χ2v) is 6.08. The monoisotopic (exact) mass is 282 g/mol. The molecule has 0 N–H and O–H groups in total. The van der Waals surface area contributed by atoms with Gasteiger partial charge in [0.05, 0.1) is 0 Å². The average molecular weight is 282 g/mol. The molecule has 3 aromatic carbocycles. The first kappa shape index (κ1) is 13.4. The Morgan fingerprint density at radius 1 is 0.545 bits per heavy atom. The van der Waals surface area contributed by atoms with Gasteiger partial charge in [0.1, 0.15) is 0 Å². The second-order valence-electron chi connectivity index (χ2n) is 6.08. The molecule has 0 radical (unpaired) electrons. The Morgan fingerprint density at radius 3 is 1.91 bits per heavy atom. The topological polar surface area (TPSA) is 0 Å². The number of aryl methyl sites for hydroxylation is 2. The van der Waals surface area contributed by atoms with Crippen molar-refractivity contribution in [2.24, 2.45) is 0 Å². The molecule has 0 unspecified atom stereocenters. The highest BCUT2D eigenvalue weighted by Crippen LogP contribution is 2.28. The summed E-state index contributed by atoms with van der Waals surface area (Å²) < 4.78 is 0. The van der Waals surface area contributed by atoms with Gasteiger partial charge in [-0.1, -0.05) is 83.8 Å². The van der Waals surface area contributed by atoms with Crippen molar-refractivity contribution in [1.29, 1.82) is 0 Å². The summed E-state index contributed by atoms with van der Waals surface area (Å²) >= 11 is 0. The molecule has 0 nitrogen and oxygen atoms in total. The van der Waals surface area contributed by atoms with Gasteiger partial charge in [0, 0.05) is 0 Å². The summed E-state index contributed by atoms with van der Waals surface area (Å²) in [6.07, 6.45) is 3.36. The van der Waals surface area contributed by atoms with E-state index in [0.29, 0.717) is 0 Å². The normalized spacial score (nSPS) is 13.3. The van der Waals surface area contributed by atoms with E-state index in [1.807, 2.05) is 0 Å². The standard InChI is InChI=1S/C21H19B/c1-4-10-19-16(7-1)13-14-17-8-3-6-12-21(17)22-15-18-9-2-5-11-20(18)19/h1-12,22H,13-15H2. The van der Waals surface area contributed by atoms with Gasteiger partial charge in [0.15, 0.2) is 7.28 Å². The van der Waals surface area contributed by atoms with Crippen LogP contribution in [0, 0.1) is 0 Å². The molecule has 0 atom stereocenters. The Morgan fingerprint density at radius 2 is 1.09 bits per heavy atom. The van der Waals surface area contributed by atoms with E-state index in [1.165, 1.54) is 33.3 Å². The molecule has 1 aliphatic heterocycles. The number of hydrogen-bond acceptors (Lipinski definition) is 0. The lowest BCUT2D eigenvalue weighted by molar-refractivity contribution is 0.966. The fourth-order valence-electron chi connectivity index (χ4n) is 3.59. The van der Waals surface area contributed by atoms with Gasteiger partial charge < -0.3 is 0 Å². The molecule has 0 aromatic heterocycles. The van der Waals surface area contributed by atoms with Crippen molar-refractivity contribution in [3.8, 4) is 11.1 Å². The Balaban J connectivity index is 1.87. The van der Waals surface area contributed by atoms with Gasteiger partial charge in [-0.2, -0.15) is 0 Å². The van der Waals surface area contributed by atoms with E-state index in [-0.39, 0.29) is 0 Å². The maximum Gasteiger partial charge on any atom is 0.162 e. The van der Waals surface area contributed by atoms with E-state index in [1.54, 1.807) is 0 Å². The highest BCUT2D eigenvalue weighted by Gasteiger charge is 2.13. The second kappa shape index (κ2) is 5.85. The van der Waals surface area contributed by atoms with Gasteiger partial charge in [0.25, 0.3) is 0 Å². The molecule has 22 heavy (non-hydrogen) atoms. The Bertz CT molecular complexity index is 736. The maximum absolute atomic E-state index is 2.30. The van der Waals surface area contributed by atoms with Crippen molar-refractivity contribution in [2.75, 3.05) is 0 Å². The van der Waals surface area contributed by atoms with Gasteiger partial charge in [-0.05, 0) is 41.4 Å². The molecule has 0 saturated carbocycles. The molecular weight excluding hydrogens is 263 g/mol. The first-order chi connectivity index (χ1) is 10.9. The van der Waals surface area contributed by atoms with Crippen LogP contribution in [-0.4, -0.2) is 7.28 Å². The number of hydrogen-bond donors (Lipinski definition) is 0. The Hall–Kier alpha value is -2.28. The zero-order chi connectivity index (χ0) is 14.8. The van der Waals surface area contributed by atoms with Gasteiger partial charge in [0.2, 0.25) is 0 Å². The molecule has 1 heterocycles. The molecule has 0 saturated heterocycles. The summed E-state index contributed by atoms with van der Waals surface area (Å²) in [6, 6.07) is 26.7. The first-order valence-electron chi connectivity index (χ1n) is 8.15. The lowest BCUT2D eigenvalue weighted by Gasteiger charge is -2.17. The van der Waals surface area contributed by atoms with E-state index in [0.717, 1.165) is 26.4 Å². The number of rotatable bonds is 0. The molecule has 0 fully saturated rings. The van der Waals surface area contributed by atoms with Crippen LogP contribution in [0.5, 0.6) is 0 Å². The zero-order valence-corrected chi connectivity index (χ0v) is 12.8. The smallest absolute Gasteiger partial charge is 0.0810 e. The number of benzene rings is 3. The SMILES string of the molecule is B1Cc2ccccc2-c2ccccc2CCc2ccccc21. The number of fused-ring (bicyclic) bond motifs is 4. The quantitative estimate of drug-likeness (QED) is 0.551. The van der Waals surface area contributed by atoms with Crippen LogP contribution in [0.25, 0.3) is 11.1 Å². The van der Waals surface area contributed by atoms with E-state index in [4.69, 9.17) is 0 Å². The van der Waals surface area contributed by atoms with Crippen molar-refractivity contribution in [2.45, 2.75) is 19.2 Å². The van der Waals surface area contributed by atoms with Crippen molar-refractivity contribution >= 4 is 12.7 Å². The summed E-state index contributed by atoms with van der Waals surface area (Å²) in [4.78, 5) is 0. The minimum Gasteiger partial charge on any atom is -0.0810 e. The molecule has 3 aromatic rings. The third-order valence-electron chi connectivity index (χ3n) is 4.77. The summed E-state index contributed by atoms with van der Waals surface area (Å²) in [7, 11) is 1.13. The van der Waals surface area contributed by atoms with E-state index in [9.17, 15) is 0 Å². The lowest BCUT2D eigenvalue weighted by Crippen LogP contribution is -2.22. The van der Waals surface area contributed by atoms with Crippen LogP contribution in [0.2, 0.25) is 0 Å². The van der Waals surface area contributed by atoms with E-state index < -0.39 is 0 Å². The summed E-state index contributed by atoms with van der Waals surface area (Å²) in [5, 5.41) is 0. The van der Waals surface area contributed by atoms with Crippen LogP contribution in [0.1, 0.15) is 16.7 Å². The van der Waals surface area contributed by atoms with Crippen LogP contribution >= 0.6 is 0 Å². The van der Waals surface area contributed by atoms with Gasteiger partial charge >= 0.3 is 0 Å². The molecule has 0 spiro atoms. The maximum atomic E-state index is 2.30. The van der Waals surface area contributed by atoms with Crippen molar-refractivity contribution in [3.05, 3.63) is 89.5 Å². The lowest BCUT2D eigenvalue weighted by atomic mass is 9.62. The van der Waals surface area contributed by atoms with E-state index in [2.05, 4.69) is 72.8 Å². The van der Waals surface area contributed by atoms with Crippen LogP contribution in [0.3, 0.4) is 0 Å². The predicted molar refractivity (Wildman–Crippen MR) is 96.2 cm³/mol. The van der Waals surface area contributed by atoms with Gasteiger partial charge in [-0.3, -0.25) is 0 Å². The first-order valence-corrected chi connectivity index (χ1v) is 8.15. The molecule has 0 aliphatic carbocycles. The molecule has 4 rings (SSSR count). The fraction of sp³-hybridized carbons (Fsp3) is 0.143. The molecule has 0 bridgehead atoms.